The van der Waals surface area contributed by atoms with Crippen molar-refractivity contribution in [3.8, 4) is 6.07 Å². The van der Waals surface area contributed by atoms with Gasteiger partial charge in [-0.25, -0.2) is 9.59 Å². The molecule has 2 heterocycles. The summed E-state index contributed by atoms with van der Waals surface area (Å²) in [4.78, 5) is 32.5. The van der Waals surface area contributed by atoms with Crippen LogP contribution in [0.25, 0.3) is 0 Å². The zero-order valence-corrected chi connectivity index (χ0v) is 22.0. The van der Waals surface area contributed by atoms with Crippen molar-refractivity contribution in [2.45, 2.75) is 12.3 Å². The van der Waals surface area contributed by atoms with Gasteiger partial charge >= 0.3 is 11.9 Å². The van der Waals surface area contributed by atoms with Gasteiger partial charge in [0.05, 0.1) is 37.4 Å². The molecular weight excluding hydrogens is 482 g/mol. The van der Waals surface area contributed by atoms with E-state index in [2.05, 4.69) is 22.9 Å². The maximum atomic E-state index is 13.2. The smallest absolute Gasteiger partial charge is 0.355 e. The molecule has 2 aromatic carbocycles. The number of anilines is 1. The van der Waals surface area contributed by atoms with Crippen molar-refractivity contribution < 1.29 is 19.1 Å². The Morgan fingerprint density at radius 2 is 1.61 bits per heavy atom. The fourth-order valence-corrected chi connectivity index (χ4v) is 4.95. The van der Waals surface area contributed by atoms with Gasteiger partial charge < -0.3 is 25.0 Å². The molecule has 0 radical (unpaired) electrons. The topological polar surface area (TPSA) is 112 Å². The van der Waals surface area contributed by atoms with Crippen LogP contribution in [0.1, 0.15) is 17.0 Å². The van der Waals surface area contributed by atoms with E-state index in [1.807, 2.05) is 30.3 Å². The highest BCUT2D eigenvalue weighted by Crippen LogP contribution is 2.43. The van der Waals surface area contributed by atoms with Gasteiger partial charge in [0.25, 0.3) is 0 Å². The number of nitriles is 1. The minimum atomic E-state index is -0.887. The molecule has 0 spiro atoms. The van der Waals surface area contributed by atoms with Crippen LogP contribution in [0.4, 0.5) is 5.69 Å². The van der Waals surface area contributed by atoms with Crippen LogP contribution in [0.3, 0.4) is 0 Å². The predicted octanol–water partition coefficient (Wildman–Crippen LogP) is 2.37. The molecule has 198 valence electrons. The fourth-order valence-electron chi connectivity index (χ4n) is 4.95. The molecule has 2 aliphatic rings. The van der Waals surface area contributed by atoms with Crippen LogP contribution in [0.15, 0.2) is 77.3 Å². The molecule has 0 aromatic heterocycles. The normalized spacial score (nSPS) is 18.8. The molecule has 0 amide bonds. The van der Waals surface area contributed by atoms with Crippen LogP contribution < -0.4 is 10.6 Å². The number of esters is 2. The van der Waals surface area contributed by atoms with E-state index in [1.54, 1.807) is 24.3 Å². The number of carbonyl (C=O) groups excluding carboxylic acids is 2. The third-order valence-corrected chi connectivity index (χ3v) is 7.12. The standard InChI is InChI=1S/C29H33N5O4/c1-32-15-17-33(18-16-32)14-13-20-9-11-22(12-10-20)34-26(29(36)38-3)25(28(35)37-2)24(23(19-30)27(34)31)21-7-5-4-6-8-21/h4-12,24H,13-18,31H2,1-3H3. The second kappa shape index (κ2) is 11.9. The molecule has 2 aromatic rings. The summed E-state index contributed by atoms with van der Waals surface area (Å²) in [6.45, 7) is 5.18. The second-order valence-electron chi connectivity index (χ2n) is 9.40. The Morgan fingerprint density at radius 3 is 2.18 bits per heavy atom. The lowest BCUT2D eigenvalue weighted by Gasteiger charge is -2.36. The summed E-state index contributed by atoms with van der Waals surface area (Å²) in [6, 6.07) is 18.7. The monoisotopic (exact) mass is 515 g/mol. The van der Waals surface area contributed by atoms with Crippen LogP contribution in [-0.2, 0) is 25.5 Å². The molecule has 1 fully saturated rings. The summed E-state index contributed by atoms with van der Waals surface area (Å²) in [5, 5.41) is 10.2. The number of piperazine rings is 1. The van der Waals surface area contributed by atoms with Crippen molar-refractivity contribution in [3.63, 3.8) is 0 Å². The van der Waals surface area contributed by atoms with Crippen LogP contribution >= 0.6 is 0 Å². The van der Waals surface area contributed by atoms with Crippen LogP contribution in [-0.4, -0.2) is 75.7 Å². The molecule has 2 aliphatic heterocycles. The van der Waals surface area contributed by atoms with Crippen molar-refractivity contribution in [2.75, 3.05) is 58.9 Å². The minimum absolute atomic E-state index is 0.00422. The first kappa shape index (κ1) is 26.9. The first-order chi connectivity index (χ1) is 18.4. The van der Waals surface area contributed by atoms with E-state index in [0.717, 1.165) is 44.7 Å². The largest absolute Gasteiger partial charge is 0.466 e. The lowest BCUT2D eigenvalue weighted by molar-refractivity contribution is -0.139. The Labute approximate surface area is 223 Å². The zero-order chi connectivity index (χ0) is 27.2. The predicted molar refractivity (Wildman–Crippen MR) is 144 cm³/mol. The number of hydrogen-bond acceptors (Lipinski definition) is 9. The Balaban J connectivity index is 1.73. The number of methoxy groups -OCH3 is 2. The summed E-state index contributed by atoms with van der Waals surface area (Å²) >= 11 is 0. The quantitative estimate of drug-likeness (QED) is 0.556. The molecule has 1 atom stereocenters. The Hall–Kier alpha value is -4.13. The van der Waals surface area contributed by atoms with Gasteiger partial charge in [0.15, 0.2) is 0 Å². The molecule has 2 N–H and O–H groups in total. The average molecular weight is 516 g/mol. The third-order valence-electron chi connectivity index (χ3n) is 7.12. The molecule has 38 heavy (non-hydrogen) atoms. The molecular formula is C29H33N5O4. The average Bonchev–Trinajstić information content (AvgIpc) is 2.96. The fraction of sp³-hybridized carbons (Fsp3) is 0.345. The Kier molecular flexibility index (Phi) is 8.46. The summed E-state index contributed by atoms with van der Waals surface area (Å²) in [6.07, 6.45) is 0.877. The first-order valence-electron chi connectivity index (χ1n) is 12.5. The first-order valence-corrected chi connectivity index (χ1v) is 12.5. The van der Waals surface area contributed by atoms with Crippen LogP contribution in [0.2, 0.25) is 0 Å². The van der Waals surface area contributed by atoms with Crippen molar-refractivity contribution >= 4 is 17.6 Å². The molecule has 1 saturated heterocycles. The summed E-state index contributed by atoms with van der Waals surface area (Å²) in [5.41, 5.74) is 8.93. The minimum Gasteiger partial charge on any atom is -0.466 e. The van der Waals surface area contributed by atoms with Gasteiger partial charge in [-0.15, -0.1) is 0 Å². The summed E-state index contributed by atoms with van der Waals surface area (Å²) < 4.78 is 10.2. The van der Waals surface area contributed by atoms with Gasteiger partial charge in [0.1, 0.15) is 11.5 Å². The SMILES string of the molecule is COC(=O)C1=C(C(=O)OC)N(c2ccc(CCN3CCN(C)CC3)cc2)C(N)=C(C#N)C1c1ccccc1. The van der Waals surface area contributed by atoms with Gasteiger partial charge in [-0.05, 0) is 36.7 Å². The Morgan fingerprint density at radius 1 is 0.974 bits per heavy atom. The van der Waals surface area contributed by atoms with Crippen molar-refractivity contribution in [1.29, 1.82) is 5.26 Å². The van der Waals surface area contributed by atoms with E-state index in [4.69, 9.17) is 15.2 Å². The molecule has 0 aliphatic carbocycles. The van der Waals surface area contributed by atoms with E-state index < -0.39 is 17.9 Å². The third kappa shape index (κ3) is 5.42. The maximum absolute atomic E-state index is 13.2. The van der Waals surface area contributed by atoms with Crippen LogP contribution in [0, 0.1) is 11.3 Å². The number of carbonyl (C=O) groups is 2. The molecule has 0 saturated carbocycles. The number of ether oxygens (including phenoxy) is 2. The lowest BCUT2D eigenvalue weighted by Crippen LogP contribution is -2.45. The van der Waals surface area contributed by atoms with Crippen LogP contribution in [0.5, 0.6) is 0 Å². The number of rotatable bonds is 7. The zero-order valence-electron chi connectivity index (χ0n) is 22.0. The molecule has 4 rings (SSSR count). The molecule has 0 bridgehead atoms. The second-order valence-corrected chi connectivity index (χ2v) is 9.40. The van der Waals surface area contributed by atoms with Crippen molar-refractivity contribution in [2.24, 2.45) is 5.73 Å². The van der Waals surface area contributed by atoms with Gasteiger partial charge in [-0.2, -0.15) is 5.26 Å². The number of likely N-dealkylation sites (N-methyl/N-ethyl adjacent to an activating group) is 1. The number of allylic oxidation sites excluding steroid dienone is 1. The number of nitrogens with two attached hydrogens (primary N) is 1. The van der Waals surface area contributed by atoms with E-state index in [9.17, 15) is 14.9 Å². The van der Waals surface area contributed by atoms with E-state index >= 15 is 0 Å². The maximum Gasteiger partial charge on any atom is 0.355 e. The van der Waals surface area contributed by atoms with E-state index in [-0.39, 0.29) is 22.7 Å². The molecule has 1 unspecified atom stereocenters. The molecule has 9 heteroatoms. The highest BCUT2D eigenvalue weighted by atomic mass is 16.5. The van der Waals surface area contributed by atoms with E-state index in [0.29, 0.717) is 11.3 Å². The van der Waals surface area contributed by atoms with Crippen molar-refractivity contribution in [3.05, 3.63) is 88.4 Å². The summed E-state index contributed by atoms with van der Waals surface area (Å²) in [5.74, 6) is -2.33. The van der Waals surface area contributed by atoms with Gasteiger partial charge in [-0.3, -0.25) is 4.90 Å². The number of hydrogen-bond donors (Lipinski definition) is 1. The lowest BCUT2D eigenvalue weighted by atomic mass is 9.81. The highest BCUT2D eigenvalue weighted by Gasteiger charge is 2.42. The van der Waals surface area contributed by atoms with Gasteiger partial charge in [0.2, 0.25) is 0 Å². The van der Waals surface area contributed by atoms with Gasteiger partial charge in [-0.1, -0.05) is 42.5 Å². The number of benzene rings is 2. The van der Waals surface area contributed by atoms with Crippen molar-refractivity contribution in [1.82, 2.24) is 9.80 Å². The number of nitrogens with zero attached hydrogens (tertiary/aromatic N) is 4. The molecule has 9 nitrogen and oxygen atoms in total. The van der Waals surface area contributed by atoms with E-state index in [1.165, 1.54) is 19.1 Å². The Bertz CT molecular complexity index is 1270. The highest BCUT2D eigenvalue weighted by molar-refractivity contribution is 6.06. The summed E-state index contributed by atoms with van der Waals surface area (Å²) in [7, 11) is 4.61. The van der Waals surface area contributed by atoms with Gasteiger partial charge in [0, 0.05) is 38.4 Å².